The lowest BCUT2D eigenvalue weighted by atomic mass is 9.82. The zero-order chi connectivity index (χ0) is 19.9. The monoisotopic (exact) mass is 384 g/mol. The van der Waals surface area contributed by atoms with Crippen LogP contribution >= 0.6 is 0 Å². The number of nitrogens with one attached hydrogen (secondary N) is 2. The Hall–Kier alpha value is -3.23. The van der Waals surface area contributed by atoms with Gasteiger partial charge in [0.1, 0.15) is 5.54 Å². The first-order valence-corrected chi connectivity index (χ1v) is 9.34. The smallest absolute Gasteiger partial charge is 0.322 e. The summed E-state index contributed by atoms with van der Waals surface area (Å²) in [7, 11) is 0. The van der Waals surface area contributed by atoms with E-state index in [1.54, 1.807) is 24.3 Å². The van der Waals surface area contributed by atoms with E-state index in [4.69, 9.17) is 0 Å². The first-order chi connectivity index (χ1) is 13.4. The van der Waals surface area contributed by atoms with Crippen molar-refractivity contribution in [1.29, 1.82) is 0 Å². The van der Waals surface area contributed by atoms with Gasteiger partial charge in [-0.15, -0.1) is 0 Å². The normalized spacial score (nSPS) is 20.6. The molecule has 9 nitrogen and oxygen atoms in total. The summed E-state index contributed by atoms with van der Waals surface area (Å²) >= 11 is 0. The molecule has 3 aliphatic rings. The van der Waals surface area contributed by atoms with E-state index in [-0.39, 0.29) is 13.0 Å². The zero-order valence-electron chi connectivity index (χ0n) is 15.2. The van der Waals surface area contributed by atoms with Gasteiger partial charge in [-0.05, 0) is 25.0 Å². The average molecular weight is 384 g/mol. The molecule has 6 amide bonds. The molecule has 1 saturated carbocycles. The SMILES string of the molecule is O=C(CCN1C(=O)c2ccccc2C1=O)NN1C(=O)NC2(CCCCC2)C1=O. The standard InChI is InChI=1S/C19H20N4O5/c24-14(8-11-22-15(25)12-6-2-3-7-13(12)16(22)26)21-23-17(27)19(20-18(23)28)9-4-1-5-10-19/h2-3,6-7H,1,4-5,8-11H2,(H,20,28)(H,21,24). The van der Waals surface area contributed by atoms with Crippen molar-refractivity contribution in [3.63, 3.8) is 0 Å². The van der Waals surface area contributed by atoms with Crippen LogP contribution in [0, 0.1) is 0 Å². The van der Waals surface area contributed by atoms with Gasteiger partial charge in [0, 0.05) is 13.0 Å². The molecule has 0 bridgehead atoms. The predicted octanol–water partition coefficient (Wildman–Crippen LogP) is 0.959. The molecular formula is C19H20N4O5. The summed E-state index contributed by atoms with van der Waals surface area (Å²) in [6.45, 7) is -0.132. The first-order valence-electron chi connectivity index (χ1n) is 9.34. The molecule has 1 aliphatic carbocycles. The van der Waals surface area contributed by atoms with Gasteiger partial charge in [0.25, 0.3) is 17.7 Å². The maximum Gasteiger partial charge on any atom is 0.344 e. The van der Waals surface area contributed by atoms with Crippen LogP contribution in [0.15, 0.2) is 24.3 Å². The van der Waals surface area contributed by atoms with Crippen LogP contribution in [0.4, 0.5) is 4.79 Å². The molecule has 0 atom stereocenters. The fraction of sp³-hybridized carbons (Fsp3) is 0.421. The van der Waals surface area contributed by atoms with Crippen LogP contribution in [0.1, 0.15) is 59.2 Å². The second-order valence-corrected chi connectivity index (χ2v) is 7.31. The van der Waals surface area contributed by atoms with Gasteiger partial charge in [-0.25, -0.2) is 4.79 Å². The van der Waals surface area contributed by atoms with Gasteiger partial charge in [0.15, 0.2) is 0 Å². The minimum absolute atomic E-state index is 0.132. The molecule has 9 heteroatoms. The number of nitrogens with zero attached hydrogens (tertiary/aromatic N) is 2. The Balaban J connectivity index is 1.37. The molecule has 146 valence electrons. The second-order valence-electron chi connectivity index (χ2n) is 7.31. The van der Waals surface area contributed by atoms with E-state index in [9.17, 15) is 24.0 Å². The molecule has 1 aromatic rings. The van der Waals surface area contributed by atoms with E-state index >= 15 is 0 Å². The summed E-state index contributed by atoms with van der Waals surface area (Å²) in [5, 5.41) is 3.42. The van der Waals surface area contributed by atoms with Crippen molar-refractivity contribution in [3.05, 3.63) is 35.4 Å². The highest BCUT2D eigenvalue weighted by Gasteiger charge is 2.52. The molecule has 0 unspecified atom stereocenters. The molecule has 2 heterocycles. The molecule has 1 saturated heterocycles. The van der Waals surface area contributed by atoms with Gasteiger partial charge in [-0.1, -0.05) is 31.4 Å². The van der Waals surface area contributed by atoms with Crippen LogP contribution in [0.25, 0.3) is 0 Å². The van der Waals surface area contributed by atoms with E-state index < -0.39 is 35.2 Å². The number of carbonyl (C=O) groups is 5. The van der Waals surface area contributed by atoms with Gasteiger partial charge in [0.2, 0.25) is 5.91 Å². The van der Waals surface area contributed by atoms with E-state index in [0.29, 0.717) is 24.0 Å². The van der Waals surface area contributed by atoms with Crippen LogP contribution < -0.4 is 10.7 Å². The number of benzene rings is 1. The summed E-state index contributed by atoms with van der Waals surface area (Å²) < 4.78 is 0. The van der Waals surface area contributed by atoms with Crippen molar-refractivity contribution in [2.24, 2.45) is 0 Å². The summed E-state index contributed by atoms with van der Waals surface area (Å²) in [5.74, 6) is -1.98. The molecule has 2 N–H and O–H groups in total. The Morgan fingerprint density at radius 1 is 1.00 bits per heavy atom. The Bertz CT molecular complexity index is 855. The van der Waals surface area contributed by atoms with Gasteiger partial charge in [-0.3, -0.25) is 29.5 Å². The number of amides is 6. The molecule has 0 aromatic heterocycles. The van der Waals surface area contributed by atoms with Crippen molar-refractivity contribution >= 4 is 29.7 Å². The van der Waals surface area contributed by atoms with Crippen LogP contribution in [-0.2, 0) is 9.59 Å². The van der Waals surface area contributed by atoms with Crippen molar-refractivity contribution in [1.82, 2.24) is 20.7 Å². The number of hydrazine groups is 1. The topological polar surface area (TPSA) is 116 Å². The highest BCUT2D eigenvalue weighted by molar-refractivity contribution is 6.21. The third-order valence-electron chi connectivity index (χ3n) is 5.55. The van der Waals surface area contributed by atoms with Crippen molar-refractivity contribution in [2.75, 3.05) is 6.54 Å². The van der Waals surface area contributed by atoms with Gasteiger partial charge >= 0.3 is 6.03 Å². The highest BCUT2D eigenvalue weighted by atomic mass is 16.2. The van der Waals surface area contributed by atoms with Crippen molar-refractivity contribution in [2.45, 2.75) is 44.1 Å². The Kier molecular flexibility index (Phi) is 4.37. The lowest BCUT2D eigenvalue weighted by Gasteiger charge is -2.30. The number of urea groups is 1. The lowest BCUT2D eigenvalue weighted by Crippen LogP contribution is -2.51. The number of fused-ring (bicyclic) bond motifs is 1. The van der Waals surface area contributed by atoms with E-state index in [0.717, 1.165) is 29.2 Å². The fourth-order valence-electron chi connectivity index (χ4n) is 4.05. The number of carbonyl (C=O) groups excluding carboxylic acids is 5. The maximum atomic E-state index is 12.7. The van der Waals surface area contributed by atoms with Crippen LogP contribution in [0.2, 0.25) is 0 Å². The minimum atomic E-state index is -0.925. The van der Waals surface area contributed by atoms with Crippen molar-refractivity contribution in [3.8, 4) is 0 Å². The molecular weight excluding hydrogens is 364 g/mol. The summed E-state index contributed by atoms with van der Waals surface area (Å²) in [6, 6.07) is 5.80. The fourth-order valence-corrected chi connectivity index (χ4v) is 4.05. The second kappa shape index (κ2) is 6.74. The molecule has 1 spiro atoms. The van der Waals surface area contributed by atoms with Crippen LogP contribution in [-0.4, -0.2) is 51.7 Å². The van der Waals surface area contributed by atoms with Crippen LogP contribution in [0.5, 0.6) is 0 Å². The Morgan fingerprint density at radius 3 is 2.21 bits per heavy atom. The molecule has 0 radical (unpaired) electrons. The molecule has 2 aliphatic heterocycles. The van der Waals surface area contributed by atoms with E-state index in [1.807, 2.05) is 0 Å². The lowest BCUT2D eigenvalue weighted by molar-refractivity contribution is -0.139. The van der Waals surface area contributed by atoms with E-state index in [2.05, 4.69) is 10.7 Å². The predicted molar refractivity (Wildman–Crippen MR) is 95.8 cm³/mol. The van der Waals surface area contributed by atoms with Gasteiger partial charge < -0.3 is 5.32 Å². The number of rotatable bonds is 4. The van der Waals surface area contributed by atoms with E-state index in [1.165, 1.54) is 0 Å². The number of hydrogen-bond acceptors (Lipinski definition) is 5. The largest absolute Gasteiger partial charge is 0.344 e. The first kappa shape index (κ1) is 18.1. The highest BCUT2D eigenvalue weighted by Crippen LogP contribution is 2.33. The molecule has 4 rings (SSSR count). The summed E-state index contributed by atoms with van der Waals surface area (Å²) in [5.41, 5.74) is 2.00. The minimum Gasteiger partial charge on any atom is -0.322 e. The summed E-state index contributed by atoms with van der Waals surface area (Å²) in [4.78, 5) is 62.7. The molecule has 28 heavy (non-hydrogen) atoms. The summed E-state index contributed by atoms with van der Waals surface area (Å²) in [6.07, 6.45) is 3.59. The number of imide groups is 2. The Labute approximate surface area is 161 Å². The number of hydrogen-bond donors (Lipinski definition) is 2. The molecule has 2 fully saturated rings. The zero-order valence-corrected chi connectivity index (χ0v) is 15.2. The van der Waals surface area contributed by atoms with Gasteiger partial charge in [0.05, 0.1) is 11.1 Å². The van der Waals surface area contributed by atoms with Crippen molar-refractivity contribution < 1.29 is 24.0 Å². The third kappa shape index (κ3) is 2.83. The average Bonchev–Trinajstić information content (AvgIpc) is 3.07. The molecule has 1 aromatic carbocycles. The Morgan fingerprint density at radius 2 is 1.61 bits per heavy atom. The van der Waals surface area contributed by atoms with Gasteiger partial charge in [-0.2, -0.15) is 5.01 Å². The van der Waals surface area contributed by atoms with Crippen LogP contribution in [0.3, 0.4) is 0 Å². The third-order valence-corrected chi connectivity index (χ3v) is 5.55. The quantitative estimate of drug-likeness (QED) is 0.592. The maximum absolute atomic E-state index is 12.7.